The van der Waals surface area contributed by atoms with Crippen molar-refractivity contribution < 1.29 is 0 Å². The van der Waals surface area contributed by atoms with Crippen LogP contribution in [0.3, 0.4) is 0 Å². The summed E-state index contributed by atoms with van der Waals surface area (Å²) in [4.78, 5) is 20.0. The second kappa shape index (κ2) is 5.45. The lowest BCUT2D eigenvalue weighted by molar-refractivity contribution is 0.877. The van der Waals surface area contributed by atoms with Crippen molar-refractivity contribution in [1.29, 1.82) is 0 Å². The number of aromatic nitrogens is 4. The highest BCUT2D eigenvalue weighted by Gasteiger charge is 2.15. The third-order valence-electron chi connectivity index (χ3n) is 4.06. The van der Waals surface area contributed by atoms with Crippen molar-refractivity contribution >= 4 is 10.9 Å². The number of rotatable bonds is 2. The minimum atomic E-state index is -0.137. The molecule has 5 heteroatoms. The molecule has 0 bridgehead atoms. The molecular formula is C19H16N4O. The summed E-state index contributed by atoms with van der Waals surface area (Å²) < 4.78 is 1.80. The van der Waals surface area contributed by atoms with Crippen molar-refractivity contribution in [2.75, 3.05) is 0 Å². The molecule has 4 rings (SSSR count). The molecule has 0 aliphatic rings. The van der Waals surface area contributed by atoms with Crippen LogP contribution in [-0.2, 0) is 0 Å². The van der Waals surface area contributed by atoms with Gasteiger partial charge in [-0.25, -0.2) is 9.67 Å². The van der Waals surface area contributed by atoms with Gasteiger partial charge in [-0.3, -0.25) is 4.79 Å². The van der Waals surface area contributed by atoms with Crippen molar-refractivity contribution in [2.45, 2.75) is 13.8 Å². The quantitative estimate of drug-likeness (QED) is 0.616. The second-order valence-electron chi connectivity index (χ2n) is 5.86. The topological polar surface area (TPSA) is 63.6 Å². The fourth-order valence-corrected chi connectivity index (χ4v) is 3.05. The summed E-state index contributed by atoms with van der Waals surface area (Å²) in [5.74, 6) is 0.557. The number of nitrogens with one attached hydrogen (secondary N) is 1. The summed E-state index contributed by atoms with van der Waals surface area (Å²) in [6, 6.07) is 13.4. The van der Waals surface area contributed by atoms with Gasteiger partial charge in [-0.2, -0.15) is 5.10 Å². The molecule has 118 valence electrons. The van der Waals surface area contributed by atoms with E-state index in [1.54, 1.807) is 16.9 Å². The second-order valence-corrected chi connectivity index (χ2v) is 5.86. The highest BCUT2D eigenvalue weighted by molar-refractivity contribution is 5.81. The molecule has 0 unspecified atom stereocenters. The van der Waals surface area contributed by atoms with Crippen molar-refractivity contribution in [2.24, 2.45) is 0 Å². The van der Waals surface area contributed by atoms with E-state index in [-0.39, 0.29) is 5.56 Å². The van der Waals surface area contributed by atoms with E-state index in [0.717, 1.165) is 22.4 Å². The van der Waals surface area contributed by atoms with Crippen LogP contribution in [0.5, 0.6) is 0 Å². The Balaban J connectivity index is 2.05. The number of H-pyrrole nitrogens is 1. The van der Waals surface area contributed by atoms with Crippen LogP contribution in [0, 0.1) is 13.8 Å². The minimum Gasteiger partial charge on any atom is -0.306 e. The van der Waals surface area contributed by atoms with E-state index in [9.17, 15) is 4.79 Å². The Morgan fingerprint density at radius 1 is 1.08 bits per heavy atom. The molecule has 2 heterocycles. The Morgan fingerprint density at radius 3 is 2.71 bits per heavy atom. The largest absolute Gasteiger partial charge is 0.306 e. The normalized spacial score (nSPS) is 11.1. The van der Waals surface area contributed by atoms with Gasteiger partial charge < -0.3 is 4.98 Å². The first-order valence-electron chi connectivity index (χ1n) is 7.74. The maximum Gasteiger partial charge on any atom is 0.259 e. The molecule has 4 aromatic rings. The third kappa shape index (κ3) is 2.31. The van der Waals surface area contributed by atoms with Gasteiger partial charge in [0.15, 0.2) is 0 Å². The molecule has 0 spiro atoms. The Morgan fingerprint density at radius 2 is 1.92 bits per heavy atom. The summed E-state index contributed by atoms with van der Waals surface area (Å²) in [7, 11) is 0. The Hall–Kier alpha value is -3.21. The van der Waals surface area contributed by atoms with E-state index in [4.69, 9.17) is 0 Å². The van der Waals surface area contributed by atoms with Crippen LogP contribution >= 0.6 is 0 Å². The SMILES string of the molecule is Cc1cc(C)c(-c2nc3ccccc3c(=O)[nH]2)c(-n2cccn2)c1. The summed E-state index contributed by atoms with van der Waals surface area (Å²) in [6.45, 7) is 4.06. The van der Waals surface area contributed by atoms with Crippen LogP contribution in [0.2, 0.25) is 0 Å². The molecular weight excluding hydrogens is 300 g/mol. The summed E-state index contributed by atoms with van der Waals surface area (Å²) in [5, 5.41) is 4.93. The van der Waals surface area contributed by atoms with Gasteiger partial charge in [0.2, 0.25) is 0 Å². The summed E-state index contributed by atoms with van der Waals surface area (Å²) in [6.07, 6.45) is 3.62. The molecule has 0 atom stereocenters. The van der Waals surface area contributed by atoms with Crippen molar-refractivity contribution in [3.63, 3.8) is 0 Å². The number of fused-ring (bicyclic) bond motifs is 1. The van der Waals surface area contributed by atoms with Gasteiger partial charge in [0.1, 0.15) is 5.82 Å². The van der Waals surface area contributed by atoms with Crippen LogP contribution in [-0.4, -0.2) is 19.7 Å². The molecule has 2 aromatic heterocycles. The minimum absolute atomic E-state index is 0.137. The Labute approximate surface area is 138 Å². The summed E-state index contributed by atoms with van der Waals surface area (Å²) in [5.41, 5.74) is 4.50. The lowest BCUT2D eigenvalue weighted by Gasteiger charge is -2.14. The molecule has 0 fully saturated rings. The van der Waals surface area contributed by atoms with Gasteiger partial charge in [-0.15, -0.1) is 0 Å². The fraction of sp³-hybridized carbons (Fsp3) is 0.105. The van der Waals surface area contributed by atoms with Gasteiger partial charge in [-0.1, -0.05) is 18.2 Å². The molecule has 24 heavy (non-hydrogen) atoms. The van der Waals surface area contributed by atoms with Gasteiger partial charge in [0, 0.05) is 18.0 Å². The lowest BCUT2D eigenvalue weighted by atomic mass is 10.0. The van der Waals surface area contributed by atoms with Crippen LogP contribution < -0.4 is 5.56 Å². The van der Waals surface area contributed by atoms with Crippen molar-refractivity contribution in [3.8, 4) is 17.1 Å². The first-order chi connectivity index (χ1) is 11.6. The smallest absolute Gasteiger partial charge is 0.259 e. The van der Waals surface area contributed by atoms with Crippen LogP contribution in [0.15, 0.2) is 59.7 Å². The predicted octanol–water partition coefficient (Wildman–Crippen LogP) is 3.39. The maximum atomic E-state index is 12.4. The molecule has 0 saturated heterocycles. The molecule has 2 aromatic carbocycles. The van der Waals surface area contributed by atoms with E-state index in [1.807, 2.05) is 50.4 Å². The van der Waals surface area contributed by atoms with E-state index in [0.29, 0.717) is 16.7 Å². The van der Waals surface area contributed by atoms with E-state index in [2.05, 4.69) is 21.1 Å². The molecule has 0 amide bonds. The summed E-state index contributed by atoms with van der Waals surface area (Å²) >= 11 is 0. The number of hydrogen-bond acceptors (Lipinski definition) is 3. The number of benzene rings is 2. The predicted molar refractivity (Wildman–Crippen MR) is 94.4 cm³/mol. The van der Waals surface area contributed by atoms with Crippen LogP contribution in [0.25, 0.3) is 28.0 Å². The Kier molecular flexibility index (Phi) is 3.27. The zero-order chi connectivity index (χ0) is 16.7. The van der Waals surface area contributed by atoms with Crippen molar-refractivity contribution in [1.82, 2.24) is 19.7 Å². The zero-order valence-corrected chi connectivity index (χ0v) is 13.4. The zero-order valence-electron chi connectivity index (χ0n) is 13.4. The van der Waals surface area contributed by atoms with Gasteiger partial charge in [-0.05, 0) is 49.2 Å². The molecule has 1 N–H and O–H groups in total. The number of aryl methyl sites for hydroxylation is 2. The molecule has 5 nitrogen and oxygen atoms in total. The molecule has 0 aliphatic heterocycles. The average Bonchev–Trinajstić information content (AvgIpc) is 3.08. The van der Waals surface area contributed by atoms with Gasteiger partial charge in [0.25, 0.3) is 5.56 Å². The van der Waals surface area contributed by atoms with Gasteiger partial charge >= 0.3 is 0 Å². The number of hydrogen-bond donors (Lipinski definition) is 1. The van der Waals surface area contributed by atoms with E-state index >= 15 is 0 Å². The Bertz CT molecular complexity index is 1090. The first kappa shape index (κ1) is 14.4. The van der Waals surface area contributed by atoms with Gasteiger partial charge in [0.05, 0.1) is 16.6 Å². The van der Waals surface area contributed by atoms with E-state index < -0.39 is 0 Å². The highest BCUT2D eigenvalue weighted by atomic mass is 16.1. The number of para-hydroxylation sites is 1. The standard InChI is InChI=1S/C19H16N4O/c1-12-10-13(2)17(16(11-12)23-9-5-8-20-23)18-21-15-7-4-3-6-14(15)19(24)22-18/h3-11H,1-2H3,(H,21,22,24). The van der Waals surface area contributed by atoms with Crippen molar-refractivity contribution in [3.05, 3.63) is 76.3 Å². The highest BCUT2D eigenvalue weighted by Crippen LogP contribution is 2.29. The molecule has 0 saturated carbocycles. The van der Waals surface area contributed by atoms with Crippen LogP contribution in [0.4, 0.5) is 0 Å². The maximum absolute atomic E-state index is 12.4. The number of nitrogens with zero attached hydrogens (tertiary/aromatic N) is 3. The average molecular weight is 316 g/mol. The molecule has 0 aliphatic carbocycles. The fourth-order valence-electron chi connectivity index (χ4n) is 3.05. The van der Waals surface area contributed by atoms with E-state index in [1.165, 1.54) is 0 Å². The monoisotopic (exact) mass is 316 g/mol. The van der Waals surface area contributed by atoms with Crippen LogP contribution in [0.1, 0.15) is 11.1 Å². The third-order valence-corrected chi connectivity index (χ3v) is 4.06. The lowest BCUT2D eigenvalue weighted by Crippen LogP contribution is -2.11. The first-order valence-corrected chi connectivity index (χ1v) is 7.74. The number of aromatic amines is 1. The molecule has 0 radical (unpaired) electrons.